The van der Waals surface area contributed by atoms with Crippen LogP contribution >= 0.6 is 0 Å². The summed E-state index contributed by atoms with van der Waals surface area (Å²) in [4.78, 5) is 89.3. The van der Waals surface area contributed by atoms with Crippen LogP contribution in [-0.2, 0) is 32.3 Å². The van der Waals surface area contributed by atoms with Crippen LogP contribution < -0.4 is 26.2 Å². The SMILES string of the molecule is CC(C)C(C(=O)N1CCCC1C(=O)Nc1ccc(CN(Cc2ccc(NC(=O)C3CCCN3C(=O)C(C(C)C)N3CCCNC3=O)cc2)c2ccccc2)cc1)N1CCCNC1=O. The summed E-state index contributed by atoms with van der Waals surface area (Å²) in [7, 11) is 0. The monoisotopic (exact) mass is 861 g/mol. The molecule has 0 radical (unpaired) electrons. The lowest BCUT2D eigenvalue weighted by Gasteiger charge is -2.39. The normalized spacial score (nSPS) is 20.0. The van der Waals surface area contributed by atoms with E-state index < -0.39 is 24.2 Å². The predicted octanol–water partition coefficient (Wildman–Crippen LogP) is 5.63. The first-order valence-corrected chi connectivity index (χ1v) is 22.7. The van der Waals surface area contributed by atoms with Crippen LogP contribution in [0.1, 0.15) is 77.3 Å². The first kappa shape index (κ1) is 44.9. The average Bonchev–Trinajstić information content (AvgIpc) is 3.98. The molecule has 4 heterocycles. The quantitative estimate of drug-likeness (QED) is 0.154. The number of carbonyl (C=O) groups is 6. The van der Waals surface area contributed by atoms with Crippen LogP contribution in [0.2, 0.25) is 0 Å². The molecule has 0 aromatic heterocycles. The Morgan fingerprint density at radius 3 is 1.38 bits per heavy atom. The van der Waals surface area contributed by atoms with Crippen molar-refractivity contribution < 1.29 is 28.8 Å². The molecule has 4 fully saturated rings. The van der Waals surface area contributed by atoms with E-state index in [0.29, 0.717) is 76.6 Å². The molecule has 8 amide bonds. The lowest BCUT2D eigenvalue weighted by atomic mass is 9.99. The minimum Gasteiger partial charge on any atom is -0.363 e. The number of nitrogens with zero attached hydrogens (tertiary/aromatic N) is 5. The second-order valence-electron chi connectivity index (χ2n) is 17.9. The highest BCUT2D eigenvalue weighted by Gasteiger charge is 2.43. The molecule has 4 atom stereocenters. The molecular weight excluding hydrogens is 799 g/mol. The van der Waals surface area contributed by atoms with E-state index in [1.54, 1.807) is 19.6 Å². The number of amides is 8. The molecule has 15 heteroatoms. The van der Waals surface area contributed by atoms with Gasteiger partial charge in [0.15, 0.2) is 0 Å². The fourth-order valence-corrected chi connectivity index (χ4v) is 9.49. The van der Waals surface area contributed by atoms with Crippen LogP contribution in [0.3, 0.4) is 0 Å². The summed E-state index contributed by atoms with van der Waals surface area (Å²) in [6.07, 6.45) is 4.10. The van der Waals surface area contributed by atoms with Crippen molar-refractivity contribution >= 4 is 52.8 Å². The smallest absolute Gasteiger partial charge is 0.318 e. The van der Waals surface area contributed by atoms with Gasteiger partial charge in [-0.25, -0.2) is 9.59 Å². The van der Waals surface area contributed by atoms with Crippen LogP contribution in [0, 0.1) is 11.8 Å². The summed E-state index contributed by atoms with van der Waals surface area (Å²) in [6, 6.07) is 22.7. The van der Waals surface area contributed by atoms with Crippen molar-refractivity contribution in [1.29, 1.82) is 0 Å². The zero-order chi connectivity index (χ0) is 44.6. The average molecular weight is 862 g/mol. The molecule has 0 aliphatic carbocycles. The van der Waals surface area contributed by atoms with Crippen LogP contribution in [0.25, 0.3) is 0 Å². The topological polar surface area (TPSA) is 167 Å². The van der Waals surface area contributed by atoms with Crippen LogP contribution in [-0.4, -0.2) is 119 Å². The zero-order valence-corrected chi connectivity index (χ0v) is 37.1. The number of urea groups is 2. The van der Waals surface area contributed by atoms with E-state index in [1.165, 1.54) is 0 Å². The number of carbonyl (C=O) groups excluding carboxylic acids is 6. The van der Waals surface area contributed by atoms with Gasteiger partial charge in [0.25, 0.3) is 0 Å². The molecule has 4 aliphatic heterocycles. The molecule has 15 nitrogen and oxygen atoms in total. The third-order valence-electron chi connectivity index (χ3n) is 12.7. The van der Waals surface area contributed by atoms with E-state index in [-0.39, 0.29) is 47.5 Å². The molecule has 4 unspecified atom stereocenters. The molecule has 4 aliphatic rings. The van der Waals surface area contributed by atoms with E-state index in [9.17, 15) is 28.8 Å². The van der Waals surface area contributed by atoms with Gasteiger partial charge in [-0.2, -0.15) is 0 Å². The minimum atomic E-state index is -0.628. The first-order valence-electron chi connectivity index (χ1n) is 22.7. The maximum atomic E-state index is 13.9. The Hall–Kier alpha value is -6.12. The first-order chi connectivity index (χ1) is 30.4. The van der Waals surface area contributed by atoms with E-state index >= 15 is 0 Å². The number of benzene rings is 3. The van der Waals surface area contributed by atoms with E-state index in [4.69, 9.17) is 0 Å². The second kappa shape index (κ2) is 20.4. The molecule has 0 saturated carbocycles. The van der Waals surface area contributed by atoms with Gasteiger partial charge >= 0.3 is 12.1 Å². The van der Waals surface area contributed by atoms with Crippen molar-refractivity contribution in [2.24, 2.45) is 11.8 Å². The van der Waals surface area contributed by atoms with Crippen molar-refractivity contribution in [3.05, 3.63) is 90.0 Å². The zero-order valence-electron chi connectivity index (χ0n) is 37.1. The fraction of sp³-hybridized carbons (Fsp3) is 0.500. The molecule has 3 aromatic carbocycles. The Balaban J connectivity index is 0.963. The summed E-state index contributed by atoms with van der Waals surface area (Å²) < 4.78 is 0. The standard InChI is InChI=1S/C48H63N9O6/c1-32(2)41(56-28-10-24-49-47(56)62)45(60)54-26-8-14-39(54)43(58)51-36-20-16-34(17-21-36)30-53(38-12-6-5-7-13-38)31-35-18-22-37(23-19-35)52-44(59)40-15-9-27-55(40)46(61)42(33(3)4)57-29-11-25-50-48(57)63/h5-7,12-13,16-23,32-33,39-42H,8-11,14-15,24-31H2,1-4H3,(H,49,62)(H,50,63)(H,51,58)(H,52,59). The van der Waals surface area contributed by atoms with Crippen molar-refractivity contribution in [3.63, 3.8) is 0 Å². The van der Waals surface area contributed by atoms with E-state index in [0.717, 1.165) is 42.5 Å². The predicted molar refractivity (Wildman–Crippen MR) is 243 cm³/mol. The number of hydrogen-bond donors (Lipinski definition) is 4. The van der Waals surface area contributed by atoms with E-state index in [1.807, 2.05) is 94.4 Å². The van der Waals surface area contributed by atoms with Crippen LogP contribution in [0.4, 0.5) is 26.7 Å². The van der Waals surface area contributed by atoms with Gasteiger partial charge in [-0.15, -0.1) is 0 Å². The lowest BCUT2D eigenvalue weighted by molar-refractivity contribution is -0.142. The number of anilines is 3. The van der Waals surface area contributed by atoms with Gasteiger partial charge in [-0.3, -0.25) is 19.2 Å². The summed E-state index contributed by atoms with van der Waals surface area (Å²) in [5.41, 5.74) is 4.39. The number of likely N-dealkylation sites (tertiary alicyclic amines) is 2. The van der Waals surface area contributed by atoms with Gasteiger partial charge in [-0.1, -0.05) is 70.2 Å². The van der Waals surface area contributed by atoms with E-state index in [2.05, 4.69) is 38.3 Å². The van der Waals surface area contributed by atoms with Gasteiger partial charge in [0.2, 0.25) is 23.6 Å². The van der Waals surface area contributed by atoms with Gasteiger partial charge in [0.05, 0.1) is 0 Å². The maximum Gasteiger partial charge on any atom is 0.318 e. The Kier molecular flexibility index (Phi) is 14.5. The van der Waals surface area contributed by atoms with Crippen molar-refractivity contribution in [2.45, 2.75) is 103 Å². The lowest BCUT2D eigenvalue weighted by Crippen LogP contribution is -2.60. The molecule has 63 heavy (non-hydrogen) atoms. The second-order valence-corrected chi connectivity index (χ2v) is 17.9. The molecule has 0 spiro atoms. The van der Waals surface area contributed by atoms with Crippen LogP contribution in [0.15, 0.2) is 78.9 Å². The number of hydrogen-bond acceptors (Lipinski definition) is 7. The Bertz CT molecular complexity index is 1970. The van der Waals surface area contributed by atoms with Crippen molar-refractivity contribution in [1.82, 2.24) is 30.2 Å². The van der Waals surface area contributed by atoms with Crippen LogP contribution in [0.5, 0.6) is 0 Å². The Morgan fingerprint density at radius 2 is 1.00 bits per heavy atom. The largest absolute Gasteiger partial charge is 0.363 e. The molecular formula is C48H63N9O6. The molecule has 4 saturated heterocycles. The highest BCUT2D eigenvalue weighted by molar-refractivity contribution is 6.00. The highest BCUT2D eigenvalue weighted by Crippen LogP contribution is 2.28. The molecule has 0 bridgehead atoms. The maximum absolute atomic E-state index is 13.9. The van der Waals surface area contributed by atoms with Gasteiger partial charge < -0.3 is 45.8 Å². The summed E-state index contributed by atoms with van der Waals surface area (Å²) in [5, 5.41) is 11.8. The third-order valence-corrected chi connectivity index (χ3v) is 12.7. The van der Waals surface area contributed by atoms with Gasteiger partial charge in [-0.05, 0) is 97.9 Å². The molecule has 4 N–H and O–H groups in total. The summed E-state index contributed by atoms with van der Waals surface area (Å²) in [5.74, 6) is -1.03. The fourth-order valence-electron chi connectivity index (χ4n) is 9.49. The van der Waals surface area contributed by atoms with Crippen molar-refractivity contribution in [2.75, 3.05) is 54.8 Å². The summed E-state index contributed by atoms with van der Waals surface area (Å²) in [6.45, 7) is 12.1. The highest BCUT2D eigenvalue weighted by atomic mass is 16.2. The third kappa shape index (κ3) is 10.6. The number of rotatable bonds is 15. The molecule has 7 rings (SSSR count). The minimum absolute atomic E-state index is 0.102. The number of nitrogens with one attached hydrogen (secondary N) is 4. The Morgan fingerprint density at radius 1 is 0.587 bits per heavy atom. The van der Waals surface area contributed by atoms with Crippen molar-refractivity contribution in [3.8, 4) is 0 Å². The molecule has 3 aromatic rings. The van der Waals surface area contributed by atoms with Gasteiger partial charge in [0, 0.05) is 69.4 Å². The summed E-state index contributed by atoms with van der Waals surface area (Å²) >= 11 is 0. The number of para-hydroxylation sites is 1. The Labute approximate surface area is 370 Å². The van der Waals surface area contributed by atoms with Gasteiger partial charge in [0.1, 0.15) is 24.2 Å². The molecule has 336 valence electrons.